The van der Waals surface area contributed by atoms with Gasteiger partial charge in [-0.1, -0.05) is 30.3 Å². The average Bonchev–Trinajstić information content (AvgIpc) is 3.28. The van der Waals surface area contributed by atoms with Crippen LogP contribution in [0.2, 0.25) is 0 Å². The van der Waals surface area contributed by atoms with Gasteiger partial charge in [0, 0.05) is 11.1 Å². The van der Waals surface area contributed by atoms with E-state index < -0.39 is 9.84 Å². The number of hydrogen-bond donors (Lipinski definition) is 1. The molecule has 0 unspecified atom stereocenters. The fourth-order valence-corrected chi connectivity index (χ4v) is 6.23. The van der Waals surface area contributed by atoms with Crippen molar-refractivity contribution in [3.05, 3.63) is 50.3 Å². The van der Waals surface area contributed by atoms with Crippen LogP contribution < -0.4 is 0 Å². The minimum Gasteiger partial charge on any atom is -0.493 e. The van der Waals surface area contributed by atoms with E-state index in [-0.39, 0.29) is 23.4 Å². The van der Waals surface area contributed by atoms with Crippen molar-refractivity contribution in [2.24, 2.45) is 10.2 Å². The van der Waals surface area contributed by atoms with Gasteiger partial charge in [0.1, 0.15) is 5.71 Å². The lowest BCUT2D eigenvalue weighted by Crippen LogP contribution is -2.10. The zero-order valence-electron chi connectivity index (χ0n) is 13.6. The molecule has 0 amide bonds. The Balaban J connectivity index is 1.71. The number of allylic oxidation sites excluding steroid dienone is 1. The third kappa shape index (κ3) is 3.17. The number of aromatic nitrogens is 1. The molecule has 26 heavy (non-hydrogen) atoms. The molecule has 2 aliphatic rings. The van der Waals surface area contributed by atoms with E-state index in [0.29, 0.717) is 15.3 Å². The zero-order valence-corrected chi connectivity index (χ0v) is 16.0. The number of benzene rings is 1. The van der Waals surface area contributed by atoms with Gasteiger partial charge in [-0.25, -0.2) is 8.42 Å². The fourth-order valence-electron chi connectivity index (χ4n) is 3.12. The predicted octanol–water partition coefficient (Wildman–Crippen LogP) is 3.22. The van der Waals surface area contributed by atoms with Crippen molar-refractivity contribution in [1.82, 2.24) is 4.57 Å². The molecule has 0 saturated carbocycles. The molecule has 0 bridgehead atoms. The van der Waals surface area contributed by atoms with E-state index in [4.69, 9.17) is 12.2 Å². The largest absolute Gasteiger partial charge is 0.493 e. The summed E-state index contributed by atoms with van der Waals surface area (Å²) in [6.45, 7) is 0. The van der Waals surface area contributed by atoms with E-state index in [0.717, 1.165) is 16.8 Å². The Morgan fingerprint density at radius 3 is 2.77 bits per heavy atom. The maximum atomic E-state index is 11.8. The molecule has 1 saturated heterocycles. The first-order valence-electron chi connectivity index (χ1n) is 7.98. The molecule has 2 aromatic rings. The van der Waals surface area contributed by atoms with Gasteiger partial charge in [0.2, 0.25) is 5.88 Å². The summed E-state index contributed by atoms with van der Waals surface area (Å²) < 4.78 is 25.5. The predicted molar refractivity (Wildman–Crippen MR) is 107 cm³/mol. The maximum Gasteiger partial charge on any atom is 0.210 e. The summed E-state index contributed by atoms with van der Waals surface area (Å²) >= 11 is 6.62. The summed E-state index contributed by atoms with van der Waals surface area (Å²) in [5.74, 6) is 0.143. The first-order valence-corrected chi connectivity index (χ1v) is 11.0. The van der Waals surface area contributed by atoms with Crippen LogP contribution in [0.1, 0.15) is 22.9 Å². The highest BCUT2D eigenvalue weighted by Gasteiger charge is 2.31. The molecule has 1 aromatic heterocycles. The van der Waals surface area contributed by atoms with Gasteiger partial charge in [-0.3, -0.25) is 4.57 Å². The topological polar surface area (TPSA) is 84.0 Å². The summed E-state index contributed by atoms with van der Waals surface area (Å²) in [4.78, 5) is 0.575. The minimum atomic E-state index is -3.06. The van der Waals surface area contributed by atoms with Gasteiger partial charge >= 0.3 is 0 Å². The van der Waals surface area contributed by atoms with Crippen molar-refractivity contribution < 1.29 is 13.5 Å². The van der Waals surface area contributed by atoms with Crippen LogP contribution in [0.3, 0.4) is 0 Å². The SMILES string of the molecule is O=S1(=O)CC[C@@H](n2c(O)c(C=C3C=NN=C3c3ccccc3)sc2=S)C1. The van der Waals surface area contributed by atoms with Crippen molar-refractivity contribution in [3.63, 3.8) is 0 Å². The third-order valence-electron chi connectivity index (χ3n) is 4.38. The molecular weight excluding hydrogens is 390 g/mol. The molecule has 1 N–H and O–H groups in total. The number of sulfone groups is 1. The van der Waals surface area contributed by atoms with E-state index >= 15 is 0 Å². The Bertz CT molecular complexity index is 1110. The third-order valence-corrected chi connectivity index (χ3v) is 7.47. The van der Waals surface area contributed by atoms with Crippen LogP contribution in [-0.2, 0) is 9.84 Å². The number of thiazole rings is 1. The van der Waals surface area contributed by atoms with Crippen LogP contribution in [0.15, 0.2) is 46.1 Å². The Morgan fingerprint density at radius 2 is 2.08 bits per heavy atom. The zero-order chi connectivity index (χ0) is 18.3. The first kappa shape index (κ1) is 17.3. The summed E-state index contributed by atoms with van der Waals surface area (Å²) in [5, 5.41) is 18.8. The second-order valence-corrected chi connectivity index (χ2v) is 10.0. The Morgan fingerprint density at radius 1 is 1.31 bits per heavy atom. The summed E-state index contributed by atoms with van der Waals surface area (Å²) in [6, 6.07) is 9.35. The second kappa shape index (κ2) is 6.57. The van der Waals surface area contributed by atoms with Crippen molar-refractivity contribution in [1.29, 1.82) is 0 Å². The number of hydrogen-bond acceptors (Lipinski definition) is 7. The molecular formula is C17H15N3O3S3. The lowest BCUT2D eigenvalue weighted by molar-refractivity contribution is 0.390. The van der Waals surface area contributed by atoms with Gasteiger partial charge in [0.25, 0.3) is 0 Å². The van der Waals surface area contributed by atoms with Gasteiger partial charge in [-0.2, -0.15) is 5.10 Å². The molecule has 2 aliphatic heterocycles. The van der Waals surface area contributed by atoms with Crippen LogP contribution >= 0.6 is 23.6 Å². The maximum absolute atomic E-state index is 11.8. The van der Waals surface area contributed by atoms with E-state index in [1.54, 1.807) is 16.9 Å². The second-order valence-electron chi connectivity index (χ2n) is 6.14. The standard InChI is InChI=1S/C17H15N3O3S3/c21-16-14(25-17(24)20(16)13-6-7-26(22,23)10-13)8-12-9-18-19-15(12)11-4-2-1-3-5-11/h1-5,8-9,13,21H,6-7,10H2/t13-/m1/s1. The molecule has 6 nitrogen and oxygen atoms in total. The molecule has 9 heteroatoms. The summed E-state index contributed by atoms with van der Waals surface area (Å²) in [6.07, 6.45) is 3.89. The molecule has 0 spiro atoms. The Hall–Kier alpha value is -2.10. The van der Waals surface area contributed by atoms with Crippen LogP contribution in [-0.4, -0.2) is 41.5 Å². The minimum absolute atomic E-state index is 0.00214. The van der Waals surface area contributed by atoms with Gasteiger partial charge in [0.15, 0.2) is 13.8 Å². The molecule has 0 radical (unpaired) electrons. The van der Waals surface area contributed by atoms with E-state index in [1.165, 1.54) is 11.3 Å². The molecule has 0 aliphatic carbocycles. The lowest BCUT2D eigenvalue weighted by Gasteiger charge is -2.11. The molecule has 1 aromatic carbocycles. The summed E-state index contributed by atoms with van der Waals surface area (Å²) in [7, 11) is -3.06. The smallest absolute Gasteiger partial charge is 0.210 e. The molecule has 1 fully saturated rings. The fraction of sp³-hybridized carbons (Fsp3) is 0.235. The lowest BCUT2D eigenvalue weighted by atomic mass is 10.0. The molecule has 134 valence electrons. The average molecular weight is 406 g/mol. The summed E-state index contributed by atoms with van der Waals surface area (Å²) in [5.41, 5.74) is 2.42. The quantitative estimate of drug-likeness (QED) is 0.795. The van der Waals surface area contributed by atoms with Crippen molar-refractivity contribution in [2.45, 2.75) is 12.5 Å². The van der Waals surface area contributed by atoms with Gasteiger partial charge in [-0.05, 0) is 24.7 Å². The monoisotopic (exact) mass is 405 g/mol. The van der Waals surface area contributed by atoms with E-state index in [2.05, 4.69) is 10.2 Å². The van der Waals surface area contributed by atoms with Crippen LogP contribution in [0.25, 0.3) is 6.08 Å². The Kier molecular flexibility index (Phi) is 4.37. The highest BCUT2D eigenvalue weighted by atomic mass is 32.2. The number of nitrogens with zero attached hydrogens (tertiary/aromatic N) is 3. The highest BCUT2D eigenvalue weighted by Crippen LogP contribution is 2.36. The van der Waals surface area contributed by atoms with E-state index in [1.807, 2.05) is 30.3 Å². The molecule has 4 rings (SSSR count). The Labute approximate surface area is 159 Å². The van der Waals surface area contributed by atoms with Crippen LogP contribution in [0.5, 0.6) is 5.88 Å². The highest BCUT2D eigenvalue weighted by molar-refractivity contribution is 7.91. The van der Waals surface area contributed by atoms with Crippen molar-refractivity contribution >= 4 is 51.4 Å². The van der Waals surface area contributed by atoms with Crippen LogP contribution in [0, 0.1) is 3.95 Å². The molecule has 1 atom stereocenters. The van der Waals surface area contributed by atoms with Gasteiger partial charge in [-0.15, -0.1) is 16.4 Å². The number of aromatic hydroxyl groups is 1. The van der Waals surface area contributed by atoms with Gasteiger partial charge < -0.3 is 5.11 Å². The number of rotatable bonds is 3. The normalized spacial score (nSPS) is 22.8. The molecule has 3 heterocycles. The van der Waals surface area contributed by atoms with Gasteiger partial charge in [0.05, 0.1) is 28.6 Å². The van der Waals surface area contributed by atoms with E-state index in [9.17, 15) is 13.5 Å². The van der Waals surface area contributed by atoms with Crippen molar-refractivity contribution in [3.8, 4) is 5.88 Å². The first-order chi connectivity index (χ1) is 12.4. The van der Waals surface area contributed by atoms with Crippen LogP contribution in [0.4, 0.5) is 0 Å². The van der Waals surface area contributed by atoms with Crippen molar-refractivity contribution in [2.75, 3.05) is 11.5 Å².